The summed E-state index contributed by atoms with van der Waals surface area (Å²) in [5.74, 6) is 0.390. The molecule has 1 heterocycles. The molecule has 1 aromatic heterocycles. The zero-order chi connectivity index (χ0) is 20.1. The van der Waals surface area contributed by atoms with Crippen molar-refractivity contribution >= 4 is 11.6 Å². The van der Waals surface area contributed by atoms with Crippen LogP contribution >= 0.6 is 0 Å². The van der Waals surface area contributed by atoms with Crippen LogP contribution in [0.1, 0.15) is 41.6 Å². The van der Waals surface area contributed by atoms with Crippen LogP contribution in [0.5, 0.6) is 5.75 Å². The lowest BCUT2D eigenvalue weighted by molar-refractivity contribution is 0.102. The highest BCUT2D eigenvalue weighted by molar-refractivity contribution is 6.04. The molecule has 0 saturated heterocycles. The number of rotatable bonds is 6. The first-order valence-electron chi connectivity index (χ1n) is 10.0. The van der Waals surface area contributed by atoms with Gasteiger partial charge < -0.3 is 14.6 Å². The van der Waals surface area contributed by atoms with Crippen molar-refractivity contribution in [3.63, 3.8) is 0 Å². The van der Waals surface area contributed by atoms with Gasteiger partial charge in [0.2, 0.25) is 0 Å². The lowest BCUT2D eigenvalue weighted by Gasteiger charge is -2.13. The van der Waals surface area contributed by atoms with Gasteiger partial charge >= 0.3 is 0 Å². The van der Waals surface area contributed by atoms with Crippen LogP contribution in [0.4, 0.5) is 5.69 Å². The molecule has 1 amide bonds. The summed E-state index contributed by atoms with van der Waals surface area (Å²) >= 11 is 0. The normalized spacial score (nSPS) is 13.9. The third-order valence-corrected chi connectivity index (χ3v) is 5.18. The number of anilines is 1. The van der Waals surface area contributed by atoms with Crippen molar-refractivity contribution < 1.29 is 9.53 Å². The van der Waals surface area contributed by atoms with Gasteiger partial charge in [-0.1, -0.05) is 30.3 Å². The van der Waals surface area contributed by atoms with Crippen molar-refractivity contribution in [1.82, 2.24) is 4.57 Å². The van der Waals surface area contributed by atoms with Crippen molar-refractivity contribution in [1.29, 1.82) is 0 Å². The van der Waals surface area contributed by atoms with Crippen LogP contribution in [0.25, 0.3) is 0 Å². The van der Waals surface area contributed by atoms with Crippen LogP contribution in [0.2, 0.25) is 0 Å². The lowest BCUT2D eigenvalue weighted by atomic mass is 10.2. The maximum absolute atomic E-state index is 12.7. The minimum absolute atomic E-state index is 0.120. The number of carbonyl (C=O) groups excluding carboxylic acids is 1. The van der Waals surface area contributed by atoms with E-state index < -0.39 is 5.91 Å². The van der Waals surface area contributed by atoms with Gasteiger partial charge in [0, 0.05) is 11.9 Å². The molecular formula is C24H24N2O3. The molecule has 1 N–H and O–H groups in total. The average molecular weight is 388 g/mol. The third kappa shape index (κ3) is 4.74. The summed E-state index contributed by atoms with van der Waals surface area (Å²) in [5.41, 5.74) is 1.45. The number of carbonyl (C=O) groups is 1. The van der Waals surface area contributed by atoms with Crippen molar-refractivity contribution in [3.8, 4) is 5.75 Å². The first kappa shape index (κ1) is 19.0. The molecule has 2 aromatic carbocycles. The van der Waals surface area contributed by atoms with Crippen LogP contribution in [0.15, 0.2) is 77.7 Å². The van der Waals surface area contributed by atoms with E-state index in [0.717, 1.165) is 24.2 Å². The Morgan fingerprint density at radius 2 is 1.69 bits per heavy atom. The number of nitrogens with one attached hydrogen (secondary N) is 1. The number of nitrogens with zero attached hydrogens (tertiary/aromatic N) is 1. The summed E-state index contributed by atoms with van der Waals surface area (Å²) in [5, 5.41) is 2.80. The van der Waals surface area contributed by atoms with Gasteiger partial charge in [0.1, 0.15) is 11.3 Å². The molecule has 5 nitrogen and oxygen atoms in total. The number of ether oxygens (including phenoxy) is 1. The lowest BCUT2D eigenvalue weighted by Crippen LogP contribution is -2.29. The predicted octanol–water partition coefficient (Wildman–Crippen LogP) is 4.47. The molecule has 1 aliphatic rings. The smallest absolute Gasteiger partial charge is 0.263 e. The molecule has 1 fully saturated rings. The molecule has 4 rings (SSSR count). The quantitative estimate of drug-likeness (QED) is 0.678. The molecule has 3 aromatic rings. The summed E-state index contributed by atoms with van der Waals surface area (Å²) in [4.78, 5) is 25.4. The number of aromatic nitrogens is 1. The van der Waals surface area contributed by atoms with E-state index in [4.69, 9.17) is 4.74 Å². The van der Waals surface area contributed by atoms with Crippen molar-refractivity contribution in [2.45, 2.75) is 38.3 Å². The standard InChI is InChI=1S/C24H24N2O3/c27-23(25-19-12-14-21(15-13-19)29-20-9-4-5-10-20)22-11-6-16-26(24(22)28)17-18-7-2-1-3-8-18/h1-3,6-8,11-16,20H,4-5,9-10,17H2,(H,25,27). The Bertz CT molecular complexity index is 1020. The summed E-state index contributed by atoms with van der Waals surface area (Å²) in [7, 11) is 0. The second kappa shape index (κ2) is 8.78. The van der Waals surface area contributed by atoms with Crippen molar-refractivity contribution in [2.24, 2.45) is 0 Å². The zero-order valence-corrected chi connectivity index (χ0v) is 16.2. The predicted molar refractivity (Wildman–Crippen MR) is 114 cm³/mol. The number of hydrogen-bond acceptors (Lipinski definition) is 3. The molecule has 0 atom stereocenters. The van der Waals surface area contributed by atoms with E-state index in [2.05, 4.69) is 5.32 Å². The molecule has 0 unspecified atom stereocenters. The average Bonchev–Trinajstić information content (AvgIpc) is 3.25. The molecule has 0 spiro atoms. The van der Waals surface area contributed by atoms with E-state index in [1.807, 2.05) is 42.5 Å². The van der Waals surface area contributed by atoms with Gasteiger partial charge in [-0.2, -0.15) is 0 Å². The number of hydrogen-bond donors (Lipinski definition) is 1. The van der Waals surface area contributed by atoms with Gasteiger partial charge in [0.15, 0.2) is 0 Å². The highest BCUT2D eigenvalue weighted by Crippen LogP contribution is 2.25. The van der Waals surface area contributed by atoms with Gasteiger partial charge in [0.25, 0.3) is 11.5 Å². The van der Waals surface area contributed by atoms with E-state index in [1.54, 1.807) is 35.0 Å². The van der Waals surface area contributed by atoms with Crippen LogP contribution in [-0.4, -0.2) is 16.6 Å². The Hall–Kier alpha value is -3.34. The maximum atomic E-state index is 12.7. The molecule has 0 bridgehead atoms. The highest BCUT2D eigenvalue weighted by atomic mass is 16.5. The van der Waals surface area contributed by atoms with Gasteiger partial charge in [-0.05, 0) is 67.6 Å². The molecular weight excluding hydrogens is 364 g/mol. The first-order chi connectivity index (χ1) is 14.2. The van der Waals surface area contributed by atoms with E-state index in [-0.39, 0.29) is 11.1 Å². The monoisotopic (exact) mass is 388 g/mol. The minimum atomic E-state index is -0.415. The van der Waals surface area contributed by atoms with E-state index in [0.29, 0.717) is 18.3 Å². The van der Waals surface area contributed by atoms with Crippen LogP contribution in [0, 0.1) is 0 Å². The summed E-state index contributed by atoms with van der Waals surface area (Å²) < 4.78 is 7.49. The molecule has 148 valence electrons. The molecule has 1 aliphatic carbocycles. The van der Waals surface area contributed by atoms with Crippen LogP contribution in [0.3, 0.4) is 0 Å². The fourth-order valence-corrected chi connectivity index (χ4v) is 3.63. The van der Waals surface area contributed by atoms with E-state index in [9.17, 15) is 9.59 Å². The number of amides is 1. The molecule has 0 radical (unpaired) electrons. The fraction of sp³-hybridized carbons (Fsp3) is 0.250. The largest absolute Gasteiger partial charge is 0.490 e. The third-order valence-electron chi connectivity index (χ3n) is 5.18. The summed E-state index contributed by atoms with van der Waals surface area (Å²) in [6.07, 6.45) is 6.63. The van der Waals surface area contributed by atoms with Gasteiger partial charge in [-0.3, -0.25) is 9.59 Å². The Balaban J connectivity index is 1.44. The second-order valence-electron chi connectivity index (χ2n) is 7.34. The minimum Gasteiger partial charge on any atom is -0.490 e. The fourth-order valence-electron chi connectivity index (χ4n) is 3.63. The topological polar surface area (TPSA) is 60.3 Å². The Kier molecular flexibility index (Phi) is 5.75. The Morgan fingerprint density at radius 1 is 0.966 bits per heavy atom. The zero-order valence-electron chi connectivity index (χ0n) is 16.2. The first-order valence-corrected chi connectivity index (χ1v) is 10.0. The van der Waals surface area contributed by atoms with Gasteiger partial charge in [-0.15, -0.1) is 0 Å². The molecule has 0 aliphatic heterocycles. The SMILES string of the molecule is O=C(Nc1ccc(OC2CCCC2)cc1)c1cccn(Cc2ccccc2)c1=O. The maximum Gasteiger partial charge on any atom is 0.263 e. The Morgan fingerprint density at radius 3 is 2.41 bits per heavy atom. The van der Waals surface area contributed by atoms with E-state index in [1.165, 1.54) is 12.8 Å². The van der Waals surface area contributed by atoms with Gasteiger partial charge in [-0.25, -0.2) is 0 Å². The highest BCUT2D eigenvalue weighted by Gasteiger charge is 2.17. The van der Waals surface area contributed by atoms with Crippen molar-refractivity contribution in [3.05, 3.63) is 94.4 Å². The van der Waals surface area contributed by atoms with Crippen LogP contribution < -0.4 is 15.6 Å². The van der Waals surface area contributed by atoms with Crippen LogP contribution in [-0.2, 0) is 6.54 Å². The summed E-state index contributed by atoms with van der Waals surface area (Å²) in [6, 6.07) is 20.3. The second-order valence-corrected chi connectivity index (χ2v) is 7.34. The molecule has 1 saturated carbocycles. The number of benzene rings is 2. The van der Waals surface area contributed by atoms with E-state index >= 15 is 0 Å². The molecule has 29 heavy (non-hydrogen) atoms. The number of pyridine rings is 1. The van der Waals surface area contributed by atoms with Crippen molar-refractivity contribution in [2.75, 3.05) is 5.32 Å². The Labute approximate surface area is 170 Å². The molecule has 5 heteroatoms. The van der Waals surface area contributed by atoms with Gasteiger partial charge in [0.05, 0.1) is 12.6 Å². The summed E-state index contributed by atoms with van der Waals surface area (Å²) in [6.45, 7) is 0.425.